The molecule has 5 atom stereocenters. The van der Waals surface area contributed by atoms with Crippen molar-refractivity contribution in [3.63, 3.8) is 0 Å². The lowest BCUT2D eigenvalue weighted by Crippen LogP contribution is -2.60. The standard InChI is InChI=1S/C20H27N.3C2H6/c1-20(2)12-16-14-7-4-3-6-13(14)15-9-11-21-10-5-8-17(20)19(21)18(15)16;3*1-2/h3-4,6-7,15-19H,5,8-12H2,1-2H3;3*1-2H3. The molecule has 0 aromatic heterocycles. The van der Waals surface area contributed by atoms with Crippen LogP contribution >= 0.6 is 0 Å². The average Bonchev–Trinajstić information content (AvgIpc) is 3.06. The van der Waals surface area contributed by atoms with Crippen molar-refractivity contribution < 1.29 is 0 Å². The molecule has 1 saturated carbocycles. The molecule has 0 radical (unpaired) electrons. The molecule has 2 heterocycles. The van der Waals surface area contributed by atoms with Crippen molar-refractivity contribution in [1.82, 2.24) is 4.90 Å². The molecule has 2 saturated heterocycles. The highest BCUT2D eigenvalue weighted by Gasteiger charge is 2.58. The fourth-order valence-electron chi connectivity index (χ4n) is 6.69. The van der Waals surface area contributed by atoms with E-state index in [4.69, 9.17) is 0 Å². The van der Waals surface area contributed by atoms with Crippen LogP contribution in [0.15, 0.2) is 24.3 Å². The number of benzene rings is 1. The van der Waals surface area contributed by atoms with Gasteiger partial charge >= 0.3 is 0 Å². The third-order valence-electron chi connectivity index (χ3n) is 7.39. The second-order valence-corrected chi connectivity index (χ2v) is 8.68. The van der Waals surface area contributed by atoms with Gasteiger partial charge < -0.3 is 0 Å². The van der Waals surface area contributed by atoms with Gasteiger partial charge in [-0.3, -0.25) is 4.90 Å². The fourth-order valence-corrected chi connectivity index (χ4v) is 6.69. The number of fused-ring (bicyclic) bond motifs is 3. The van der Waals surface area contributed by atoms with Crippen molar-refractivity contribution in [1.29, 1.82) is 0 Å². The van der Waals surface area contributed by atoms with E-state index in [1.807, 2.05) is 41.5 Å². The number of piperidine rings is 2. The maximum atomic E-state index is 2.88. The molecule has 1 aromatic carbocycles. The quantitative estimate of drug-likeness (QED) is 0.457. The maximum Gasteiger partial charge on any atom is 0.0169 e. The van der Waals surface area contributed by atoms with Gasteiger partial charge in [-0.15, -0.1) is 0 Å². The molecule has 5 unspecified atom stereocenters. The molecule has 154 valence electrons. The third-order valence-corrected chi connectivity index (χ3v) is 7.39. The Balaban J connectivity index is 0.000000400. The summed E-state index contributed by atoms with van der Waals surface area (Å²) < 4.78 is 0. The predicted molar refractivity (Wildman–Crippen MR) is 121 cm³/mol. The second-order valence-electron chi connectivity index (χ2n) is 8.68. The molecule has 1 nitrogen and oxygen atoms in total. The lowest BCUT2D eigenvalue weighted by atomic mass is 9.54. The molecule has 3 fully saturated rings. The van der Waals surface area contributed by atoms with Gasteiger partial charge in [0.2, 0.25) is 0 Å². The molecule has 1 heteroatoms. The van der Waals surface area contributed by atoms with Crippen LogP contribution in [0.25, 0.3) is 0 Å². The van der Waals surface area contributed by atoms with Gasteiger partial charge in [-0.2, -0.15) is 0 Å². The molecule has 1 aromatic rings. The SMILES string of the molecule is CC.CC.CC.CC1(C)CC2c3ccccc3C3CCN4CCCC1C4C32. The minimum Gasteiger partial charge on any atom is -0.300 e. The van der Waals surface area contributed by atoms with Crippen LogP contribution in [0, 0.1) is 17.3 Å². The van der Waals surface area contributed by atoms with E-state index >= 15 is 0 Å². The molecule has 0 amide bonds. The van der Waals surface area contributed by atoms with E-state index in [0.29, 0.717) is 5.41 Å². The van der Waals surface area contributed by atoms with Gasteiger partial charge in [-0.1, -0.05) is 79.7 Å². The van der Waals surface area contributed by atoms with E-state index < -0.39 is 0 Å². The third kappa shape index (κ3) is 3.74. The molecule has 4 aliphatic rings. The topological polar surface area (TPSA) is 3.24 Å². The number of hydrogen-bond donors (Lipinski definition) is 0. The molecule has 0 bridgehead atoms. The highest BCUT2D eigenvalue weighted by Crippen LogP contribution is 2.64. The smallest absolute Gasteiger partial charge is 0.0169 e. The molecule has 2 aliphatic heterocycles. The van der Waals surface area contributed by atoms with E-state index in [2.05, 4.69) is 43.0 Å². The zero-order valence-corrected chi connectivity index (χ0v) is 19.4. The Morgan fingerprint density at radius 2 is 1.41 bits per heavy atom. The summed E-state index contributed by atoms with van der Waals surface area (Å²) in [6.07, 6.45) is 5.72. The Morgan fingerprint density at radius 1 is 0.815 bits per heavy atom. The lowest BCUT2D eigenvalue weighted by molar-refractivity contribution is -0.0815. The molecular weight excluding hydrogens is 326 g/mol. The zero-order valence-electron chi connectivity index (χ0n) is 19.4. The van der Waals surface area contributed by atoms with Gasteiger partial charge in [0.15, 0.2) is 0 Å². The van der Waals surface area contributed by atoms with Gasteiger partial charge in [-0.05, 0) is 79.0 Å². The molecular formula is C26H45N. The molecule has 27 heavy (non-hydrogen) atoms. The molecule has 0 spiro atoms. The normalized spacial score (nSPS) is 34.3. The first-order valence-corrected chi connectivity index (χ1v) is 12.0. The van der Waals surface area contributed by atoms with Crippen molar-refractivity contribution in [2.75, 3.05) is 13.1 Å². The first kappa shape index (κ1) is 22.5. The van der Waals surface area contributed by atoms with Crippen LogP contribution in [0.2, 0.25) is 0 Å². The van der Waals surface area contributed by atoms with E-state index in [1.54, 1.807) is 11.1 Å². The number of hydrogen-bond acceptors (Lipinski definition) is 1. The van der Waals surface area contributed by atoms with Crippen LogP contribution in [0.1, 0.15) is 104 Å². The van der Waals surface area contributed by atoms with E-state index in [0.717, 1.165) is 29.7 Å². The first-order valence-electron chi connectivity index (χ1n) is 12.0. The van der Waals surface area contributed by atoms with Gasteiger partial charge in [0.1, 0.15) is 0 Å². The summed E-state index contributed by atoms with van der Waals surface area (Å²) >= 11 is 0. The van der Waals surface area contributed by atoms with Crippen LogP contribution in [-0.2, 0) is 0 Å². The Kier molecular flexibility index (Phi) is 7.98. The number of nitrogens with zero attached hydrogens (tertiary/aromatic N) is 1. The summed E-state index contributed by atoms with van der Waals surface area (Å²) in [5.41, 5.74) is 3.95. The average molecular weight is 372 g/mol. The van der Waals surface area contributed by atoms with Crippen molar-refractivity contribution in [3.8, 4) is 0 Å². The summed E-state index contributed by atoms with van der Waals surface area (Å²) in [5, 5.41) is 0. The van der Waals surface area contributed by atoms with Crippen molar-refractivity contribution >= 4 is 0 Å². The maximum absolute atomic E-state index is 2.88. The molecule has 2 aliphatic carbocycles. The number of rotatable bonds is 0. The summed E-state index contributed by atoms with van der Waals surface area (Å²) in [6, 6.07) is 10.3. The van der Waals surface area contributed by atoms with Gasteiger partial charge in [0, 0.05) is 6.04 Å². The fraction of sp³-hybridized carbons (Fsp3) is 0.769. The van der Waals surface area contributed by atoms with Crippen LogP contribution in [0.3, 0.4) is 0 Å². The summed E-state index contributed by atoms with van der Waals surface area (Å²) in [7, 11) is 0. The minimum atomic E-state index is 0.518. The van der Waals surface area contributed by atoms with Gasteiger partial charge in [0.25, 0.3) is 0 Å². The Labute approximate surface area is 169 Å². The van der Waals surface area contributed by atoms with Crippen LogP contribution in [0.4, 0.5) is 0 Å². The van der Waals surface area contributed by atoms with Gasteiger partial charge in [-0.25, -0.2) is 0 Å². The van der Waals surface area contributed by atoms with Crippen LogP contribution in [-0.4, -0.2) is 24.0 Å². The van der Waals surface area contributed by atoms with Gasteiger partial charge in [0.05, 0.1) is 0 Å². The molecule has 0 N–H and O–H groups in total. The minimum absolute atomic E-state index is 0.518. The zero-order chi connectivity index (χ0) is 20.2. The Hall–Kier alpha value is -0.820. The summed E-state index contributed by atoms with van der Waals surface area (Å²) in [5.74, 6) is 3.56. The van der Waals surface area contributed by atoms with E-state index in [9.17, 15) is 0 Å². The summed E-state index contributed by atoms with van der Waals surface area (Å²) in [6.45, 7) is 19.8. The Morgan fingerprint density at radius 3 is 2.04 bits per heavy atom. The highest BCUT2D eigenvalue weighted by atomic mass is 15.2. The lowest BCUT2D eigenvalue weighted by Gasteiger charge is -2.59. The monoisotopic (exact) mass is 371 g/mol. The largest absolute Gasteiger partial charge is 0.300 e. The summed E-state index contributed by atoms with van der Waals surface area (Å²) in [4.78, 5) is 2.88. The van der Waals surface area contributed by atoms with E-state index in [-0.39, 0.29) is 0 Å². The van der Waals surface area contributed by atoms with Crippen molar-refractivity contribution in [2.45, 2.75) is 99.0 Å². The second kappa shape index (κ2) is 9.59. The Bertz CT molecular complexity index is 575. The van der Waals surface area contributed by atoms with Crippen LogP contribution in [0.5, 0.6) is 0 Å². The van der Waals surface area contributed by atoms with E-state index in [1.165, 1.54) is 38.8 Å². The van der Waals surface area contributed by atoms with Crippen molar-refractivity contribution in [3.05, 3.63) is 35.4 Å². The molecule has 5 rings (SSSR count). The van der Waals surface area contributed by atoms with Crippen molar-refractivity contribution in [2.24, 2.45) is 17.3 Å². The predicted octanol–water partition coefficient (Wildman–Crippen LogP) is 7.48. The van der Waals surface area contributed by atoms with Crippen LogP contribution < -0.4 is 0 Å². The first-order chi connectivity index (χ1) is 13.2. The highest BCUT2D eigenvalue weighted by molar-refractivity contribution is 5.43.